The Bertz CT molecular complexity index is 926. The van der Waals surface area contributed by atoms with Crippen LogP contribution in [0.3, 0.4) is 0 Å². The van der Waals surface area contributed by atoms with Gasteiger partial charge in [-0.15, -0.1) is 0 Å². The lowest BCUT2D eigenvalue weighted by atomic mass is 10.1. The van der Waals surface area contributed by atoms with E-state index in [4.69, 9.17) is 10.5 Å². The number of amides is 2. The molecule has 0 atom stereocenters. The number of hydrogen-bond donors (Lipinski definition) is 1. The number of rotatable bonds is 4. The minimum Gasteiger partial charge on any atom is -0.465 e. The van der Waals surface area contributed by atoms with Crippen LogP contribution in [0.5, 0.6) is 0 Å². The molecule has 0 saturated heterocycles. The molecule has 0 bridgehead atoms. The van der Waals surface area contributed by atoms with Gasteiger partial charge in [0.25, 0.3) is 5.91 Å². The first kappa shape index (κ1) is 19.4. The summed E-state index contributed by atoms with van der Waals surface area (Å²) in [5.74, 6) is -0.940. The first-order chi connectivity index (χ1) is 13.4. The summed E-state index contributed by atoms with van der Waals surface area (Å²) in [6, 6.07) is 12.2. The van der Waals surface area contributed by atoms with Crippen molar-refractivity contribution in [2.24, 2.45) is 0 Å². The molecule has 0 aliphatic carbocycles. The molecule has 0 saturated carbocycles. The van der Waals surface area contributed by atoms with Gasteiger partial charge in [-0.2, -0.15) is 0 Å². The van der Waals surface area contributed by atoms with Gasteiger partial charge in [-0.3, -0.25) is 19.3 Å². The molecule has 0 radical (unpaired) electrons. The molecule has 1 aliphatic heterocycles. The van der Waals surface area contributed by atoms with Crippen molar-refractivity contribution in [2.45, 2.75) is 20.3 Å². The maximum absolute atomic E-state index is 13.2. The molecule has 0 aromatic heterocycles. The van der Waals surface area contributed by atoms with Gasteiger partial charge in [0, 0.05) is 24.2 Å². The zero-order valence-electron chi connectivity index (χ0n) is 16.0. The number of nitrogen functional groups attached to an aromatic ring is 1. The largest absolute Gasteiger partial charge is 0.465 e. The zero-order valence-corrected chi connectivity index (χ0v) is 16.0. The second-order valence-electron chi connectivity index (χ2n) is 6.55. The highest BCUT2D eigenvalue weighted by molar-refractivity contribution is 6.12. The average Bonchev–Trinajstić information content (AvgIpc) is 2.81. The Balaban J connectivity index is 1.99. The molecule has 2 aromatic carbocycles. The van der Waals surface area contributed by atoms with Crippen molar-refractivity contribution in [1.82, 2.24) is 0 Å². The summed E-state index contributed by atoms with van der Waals surface area (Å²) in [6.07, 6.45) is 0.105. The molecule has 0 fully saturated rings. The van der Waals surface area contributed by atoms with Crippen molar-refractivity contribution in [3.05, 3.63) is 53.6 Å². The summed E-state index contributed by atoms with van der Waals surface area (Å²) >= 11 is 0. The number of nitrogens with zero attached hydrogens (tertiary/aromatic N) is 2. The van der Waals surface area contributed by atoms with Crippen LogP contribution in [-0.4, -0.2) is 37.5 Å². The minimum atomic E-state index is -0.486. The van der Waals surface area contributed by atoms with Crippen molar-refractivity contribution in [3.8, 4) is 0 Å². The molecule has 28 heavy (non-hydrogen) atoms. The summed E-state index contributed by atoms with van der Waals surface area (Å²) in [4.78, 5) is 40.8. The number of hydrogen-bond acceptors (Lipinski definition) is 5. The molecule has 2 amide bonds. The lowest BCUT2D eigenvalue weighted by Gasteiger charge is -2.25. The van der Waals surface area contributed by atoms with Crippen molar-refractivity contribution >= 4 is 34.8 Å². The van der Waals surface area contributed by atoms with Gasteiger partial charge in [0.05, 0.1) is 18.0 Å². The lowest BCUT2D eigenvalue weighted by Crippen LogP contribution is -2.36. The van der Waals surface area contributed by atoms with E-state index in [1.807, 2.05) is 6.92 Å². The number of para-hydroxylation sites is 2. The van der Waals surface area contributed by atoms with Crippen LogP contribution in [0.4, 0.5) is 17.1 Å². The fourth-order valence-corrected chi connectivity index (χ4v) is 3.20. The Morgan fingerprint density at radius 3 is 2.54 bits per heavy atom. The standard InChI is InChI=1S/C21H23N3O4/c1-3-28-20(26)13-24-18-7-5-4-6-17(18)23(11-10-19(24)25)21(27)15-8-9-16(22)14(2)12-15/h4-9,12H,3,10-11,13,22H2,1-2H3. The number of ether oxygens (including phenoxy) is 1. The van der Waals surface area contributed by atoms with Gasteiger partial charge in [-0.05, 0) is 49.7 Å². The lowest BCUT2D eigenvalue weighted by molar-refractivity contribution is -0.142. The van der Waals surface area contributed by atoms with Gasteiger partial charge in [-0.25, -0.2) is 0 Å². The van der Waals surface area contributed by atoms with Crippen LogP contribution in [-0.2, 0) is 14.3 Å². The number of nitrogens with two attached hydrogens (primary N) is 1. The zero-order chi connectivity index (χ0) is 20.3. The summed E-state index contributed by atoms with van der Waals surface area (Å²) < 4.78 is 4.99. The highest BCUT2D eigenvalue weighted by Crippen LogP contribution is 2.33. The molecule has 2 N–H and O–H groups in total. The van der Waals surface area contributed by atoms with E-state index in [0.717, 1.165) is 5.56 Å². The molecular weight excluding hydrogens is 358 g/mol. The number of aryl methyl sites for hydroxylation is 1. The number of carbonyl (C=O) groups is 3. The first-order valence-corrected chi connectivity index (χ1v) is 9.15. The Labute approximate surface area is 163 Å². The maximum Gasteiger partial charge on any atom is 0.326 e. The Hall–Kier alpha value is -3.35. The summed E-state index contributed by atoms with van der Waals surface area (Å²) in [5, 5.41) is 0. The van der Waals surface area contributed by atoms with Crippen LogP contribution < -0.4 is 15.5 Å². The number of carbonyl (C=O) groups excluding carboxylic acids is 3. The SMILES string of the molecule is CCOC(=O)CN1C(=O)CCN(C(=O)c2ccc(N)c(C)c2)c2ccccc21. The number of esters is 1. The van der Waals surface area contributed by atoms with Crippen LogP contribution in [0.1, 0.15) is 29.3 Å². The van der Waals surface area contributed by atoms with Gasteiger partial charge in [-0.1, -0.05) is 12.1 Å². The maximum atomic E-state index is 13.2. The summed E-state index contributed by atoms with van der Waals surface area (Å²) in [7, 11) is 0. The third kappa shape index (κ3) is 3.83. The molecule has 0 spiro atoms. The van der Waals surface area contributed by atoms with E-state index >= 15 is 0 Å². The predicted octanol–water partition coefficient (Wildman–Crippen LogP) is 2.52. The van der Waals surface area contributed by atoms with Gasteiger partial charge >= 0.3 is 5.97 Å². The van der Waals surface area contributed by atoms with Crippen molar-refractivity contribution in [2.75, 3.05) is 35.2 Å². The fourth-order valence-electron chi connectivity index (χ4n) is 3.20. The fraction of sp³-hybridized carbons (Fsp3) is 0.286. The van der Waals surface area contributed by atoms with Crippen LogP contribution >= 0.6 is 0 Å². The van der Waals surface area contributed by atoms with Crippen LogP contribution in [0, 0.1) is 6.92 Å². The van der Waals surface area contributed by atoms with Crippen molar-refractivity contribution in [1.29, 1.82) is 0 Å². The second kappa shape index (κ2) is 8.12. The van der Waals surface area contributed by atoms with Gasteiger partial charge in [0.1, 0.15) is 6.54 Å². The quantitative estimate of drug-likeness (QED) is 0.649. The van der Waals surface area contributed by atoms with E-state index in [9.17, 15) is 14.4 Å². The smallest absolute Gasteiger partial charge is 0.326 e. The molecule has 7 heteroatoms. The average molecular weight is 381 g/mol. The van der Waals surface area contributed by atoms with E-state index in [1.54, 1.807) is 54.3 Å². The molecule has 0 unspecified atom stereocenters. The van der Waals surface area contributed by atoms with Crippen molar-refractivity contribution < 1.29 is 19.1 Å². The van der Waals surface area contributed by atoms with Gasteiger partial charge in [0.15, 0.2) is 0 Å². The van der Waals surface area contributed by atoms with Gasteiger partial charge < -0.3 is 15.4 Å². The minimum absolute atomic E-state index is 0.105. The Morgan fingerprint density at radius 1 is 1.14 bits per heavy atom. The Kier molecular flexibility index (Phi) is 5.63. The monoisotopic (exact) mass is 381 g/mol. The number of anilines is 3. The predicted molar refractivity (Wildman–Crippen MR) is 107 cm³/mol. The van der Waals surface area contributed by atoms with Crippen molar-refractivity contribution in [3.63, 3.8) is 0 Å². The molecule has 146 valence electrons. The third-order valence-corrected chi connectivity index (χ3v) is 4.67. The molecule has 3 rings (SSSR count). The normalized spacial score (nSPS) is 13.7. The first-order valence-electron chi connectivity index (χ1n) is 9.15. The molecule has 7 nitrogen and oxygen atoms in total. The van der Waals surface area contributed by atoms with Gasteiger partial charge in [0.2, 0.25) is 5.91 Å². The number of benzene rings is 2. The summed E-state index contributed by atoms with van der Waals surface area (Å²) in [5.41, 5.74) is 8.87. The van der Waals surface area contributed by atoms with Crippen LogP contribution in [0.15, 0.2) is 42.5 Å². The topological polar surface area (TPSA) is 92.9 Å². The van der Waals surface area contributed by atoms with E-state index < -0.39 is 5.97 Å². The highest BCUT2D eigenvalue weighted by atomic mass is 16.5. The Morgan fingerprint density at radius 2 is 1.86 bits per heavy atom. The van der Waals surface area contributed by atoms with E-state index in [2.05, 4.69) is 0 Å². The van der Waals surface area contributed by atoms with Crippen LogP contribution in [0.25, 0.3) is 0 Å². The summed E-state index contributed by atoms with van der Waals surface area (Å²) in [6.45, 7) is 3.83. The van der Waals surface area contributed by atoms with E-state index in [1.165, 1.54) is 4.90 Å². The number of fused-ring (bicyclic) bond motifs is 1. The van der Waals surface area contributed by atoms with Crippen LogP contribution in [0.2, 0.25) is 0 Å². The highest BCUT2D eigenvalue weighted by Gasteiger charge is 2.31. The molecule has 1 aliphatic rings. The second-order valence-corrected chi connectivity index (χ2v) is 6.55. The van der Waals surface area contributed by atoms with E-state index in [-0.39, 0.29) is 37.9 Å². The van der Waals surface area contributed by atoms with E-state index in [0.29, 0.717) is 22.6 Å². The molecular formula is C21H23N3O4. The third-order valence-electron chi connectivity index (χ3n) is 4.67. The molecule has 2 aromatic rings. The molecule has 1 heterocycles.